The van der Waals surface area contributed by atoms with Gasteiger partial charge in [-0.3, -0.25) is 0 Å². The van der Waals surface area contributed by atoms with Crippen LogP contribution in [0.3, 0.4) is 0 Å². The third kappa shape index (κ3) is 16.6. The quantitative estimate of drug-likeness (QED) is 0.318. The second kappa shape index (κ2) is 12.4. The van der Waals surface area contributed by atoms with Crippen molar-refractivity contribution >= 4 is 0 Å². The van der Waals surface area contributed by atoms with E-state index in [2.05, 4.69) is 55.4 Å². The van der Waals surface area contributed by atoms with Crippen molar-refractivity contribution in [3.05, 3.63) is 0 Å². The Balaban J connectivity index is 3.58. The van der Waals surface area contributed by atoms with E-state index >= 15 is 0 Å². The molecule has 0 heterocycles. The molecule has 0 saturated heterocycles. The summed E-state index contributed by atoms with van der Waals surface area (Å²) >= 11 is 0. The van der Waals surface area contributed by atoms with Crippen LogP contribution < -0.4 is 0 Å². The maximum Gasteiger partial charge on any atom is -0.0380 e. The summed E-state index contributed by atoms with van der Waals surface area (Å²) in [6.45, 7) is 19.2. The largest absolute Gasteiger partial charge is 0.0628 e. The zero-order valence-corrected chi connectivity index (χ0v) is 17.9. The normalized spacial score (nSPS) is 16.6. The van der Waals surface area contributed by atoms with E-state index in [1.165, 1.54) is 64.2 Å². The average Bonchev–Trinajstić information content (AvgIpc) is 2.35. The van der Waals surface area contributed by atoms with Crippen LogP contribution in [0, 0.1) is 29.1 Å². The topological polar surface area (TPSA) is 0 Å². The zero-order valence-electron chi connectivity index (χ0n) is 17.9. The number of hydrogen-bond donors (Lipinski definition) is 0. The first kappa shape index (κ1) is 23.0. The lowest BCUT2D eigenvalue weighted by Gasteiger charge is -2.23. The van der Waals surface area contributed by atoms with Gasteiger partial charge in [-0.2, -0.15) is 0 Å². The molecular formula is C23H48. The fourth-order valence-corrected chi connectivity index (χ4v) is 3.94. The van der Waals surface area contributed by atoms with Crippen LogP contribution in [0.25, 0.3) is 0 Å². The third-order valence-electron chi connectivity index (χ3n) is 5.23. The van der Waals surface area contributed by atoms with Crippen LogP contribution in [0.15, 0.2) is 0 Å². The molecule has 23 heavy (non-hydrogen) atoms. The van der Waals surface area contributed by atoms with E-state index in [0.29, 0.717) is 5.41 Å². The van der Waals surface area contributed by atoms with Crippen molar-refractivity contribution in [2.45, 2.75) is 120 Å². The van der Waals surface area contributed by atoms with E-state index in [4.69, 9.17) is 0 Å². The van der Waals surface area contributed by atoms with Crippen LogP contribution >= 0.6 is 0 Å². The Morgan fingerprint density at radius 1 is 0.522 bits per heavy atom. The van der Waals surface area contributed by atoms with Crippen LogP contribution in [0.4, 0.5) is 0 Å². The van der Waals surface area contributed by atoms with Crippen LogP contribution in [0.5, 0.6) is 0 Å². The van der Waals surface area contributed by atoms with Crippen LogP contribution in [-0.4, -0.2) is 0 Å². The smallest absolute Gasteiger partial charge is 0.0380 e. The van der Waals surface area contributed by atoms with Gasteiger partial charge in [0.05, 0.1) is 0 Å². The van der Waals surface area contributed by atoms with Gasteiger partial charge in [-0.15, -0.1) is 0 Å². The van der Waals surface area contributed by atoms with Crippen LogP contribution in [0.1, 0.15) is 120 Å². The molecule has 0 heteroatoms. The van der Waals surface area contributed by atoms with Gasteiger partial charge in [-0.25, -0.2) is 0 Å². The summed E-state index contributed by atoms with van der Waals surface area (Å²) in [5, 5.41) is 0. The molecule has 0 aliphatic carbocycles. The van der Waals surface area contributed by atoms with Gasteiger partial charge >= 0.3 is 0 Å². The molecule has 0 aromatic heterocycles. The Bertz CT molecular complexity index is 258. The SMILES string of the molecule is CC(C)CCCC(C)CCCC(C)CCCC(C)CC(C)(C)C. The molecule has 0 aliphatic rings. The van der Waals surface area contributed by atoms with E-state index < -0.39 is 0 Å². The molecule has 140 valence electrons. The Morgan fingerprint density at radius 2 is 0.870 bits per heavy atom. The monoisotopic (exact) mass is 324 g/mol. The first-order valence-corrected chi connectivity index (χ1v) is 10.6. The molecule has 0 aromatic carbocycles. The molecule has 0 nitrogen and oxygen atoms in total. The van der Waals surface area contributed by atoms with Gasteiger partial charge in [-0.1, -0.05) is 113 Å². The third-order valence-corrected chi connectivity index (χ3v) is 5.23. The second-order valence-corrected chi connectivity index (χ2v) is 10.3. The lowest BCUT2D eigenvalue weighted by molar-refractivity contribution is 0.286. The molecule has 0 fully saturated rings. The van der Waals surface area contributed by atoms with Gasteiger partial charge in [0.1, 0.15) is 0 Å². The van der Waals surface area contributed by atoms with E-state index in [-0.39, 0.29) is 0 Å². The summed E-state index contributed by atoms with van der Waals surface area (Å²) in [7, 11) is 0. The molecule has 0 N–H and O–H groups in total. The predicted molar refractivity (Wildman–Crippen MR) is 108 cm³/mol. The standard InChI is InChI=1S/C23H48/c1-19(2)12-9-13-20(3)14-10-15-21(4)16-11-17-22(5)18-23(6,7)8/h19-22H,9-18H2,1-8H3. The highest BCUT2D eigenvalue weighted by atomic mass is 14.2. The van der Waals surface area contributed by atoms with E-state index in [0.717, 1.165) is 23.7 Å². The first-order chi connectivity index (χ1) is 10.6. The molecule has 0 rings (SSSR count). The highest BCUT2D eigenvalue weighted by Gasteiger charge is 2.15. The first-order valence-electron chi connectivity index (χ1n) is 10.6. The van der Waals surface area contributed by atoms with Crippen molar-refractivity contribution in [1.29, 1.82) is 0 Å². The van der Waals surface area contributed by atoms with Gasteiger partial charge in [0, 0.05) is 0 Å². The van der Waals surface area contributed by atoms with Crippen LogP contribution in [-0.2, 0) is 0 Å². The molecule has 0 aliphatic heterocycles. The van der Waals surface area contributed by atoms with Crippen LogP contribution in [0.2, 0.25) is 0 Å². The summed E-state index contributed by atoms with van der Waals surface area (Å²) in [6, 6.07) is 0. The van der Waals surface area contributed by atoms with E-state index in [1.807, 2.05) is 0 Å². The number of rotatable bonds is 13. The molecule has 0 aromatic rings. The summed E-state index contributed by atoms with van der Waals surface area (Å²) in [4.78, 5) is 0. The minimum atomic E-state index is 0.497. The Kier molecular flexibility index (Phi) is 12.4. The van der Waals surface area contributed by atoms with Crippen molar-refractivity contribution in [2.24, 2.45) is 29.1 Å². The lowest BCUT2D eigenvalue weighted by atomic mass is 9.83. The zero-order chi connectivity index (χ0) is 17.9. The van der Waals surface area contributed by atoms with Crippen molar-refractivity contribution in [2.75, 3.05) is 0 Å². The molecule has 0 radical (unpaired) electrons. The lowest BCUT2D eigenvalue weighted by Crippen LogP contribution is -2.11. The second-order valence-electron chi connectivity index (χ2n) is 10.3. The van der Waals surface area contributed by atoms with Crippen molar-refractivity contribution < 1.29 is 0 Å². The Hall–Kier alpha value is 0. The molecular weight excluding hydrogens is 276 g/mol. The van der Waals surface area contributed by atoms with Gasteiger partial charge in [0.15, 0.2) is 0 Å². The molecule has 3 unspecified atom stereocenters. The maximum absolute atomic E-state index is 2.47. The van der Waals surface area contributed by atoms with Crippen molar-refractivity contribution in [3.63, 3.8) is 0 Å². The molecule has 0 saturated carbocycles. The number of hydrogen-bond acceptors (Lipinski definition) is 0. The molecule has 0 amide bonds. The molecule has 0 bridgehead atoms. The van der Waals surface area contributed by atoms with E-state index in [1.54, 1.807) is 0 Å². The Morgan fingerprint density at radius 3 is 1.22 bits per heavy atom. The van der Waals surface area contributed by atoms with Gasteiger partial charge < -0.3 is 0 Å². The van der Waals surface area contributed by atoms with Gasteiger partial charge in [0.25, 0.3) is 0 Å². The van der Waals surface area contributed by atoms with Crippen molar-refractivity contribution in [1.82, 2.24) is 0 Å². The summed E-state index contributed by atoms with van der Waals surface area (Å²) in [5.74, 6) is 3.64. The summed E-state index contributed by atoms with van der Waals surface area (Å²) < 4.78 is 0. The highest BCUT2D eigenvalue weighted by molar-refractivity contribution is 4.67. The van der Waals surface area contributed by atoms with Gasteiger partial charge in [-0.05, 0) is 35.5 Å². The van der Waals surface area contributed by atoms with Crippen molar-refractivity contribution in [3.8, 4) is 0 Å². The fraction of sp³-hybridized carbons (Fsp3) is 1.00. The fourth-order valence-electron chi connectivity index (χ4n) is 3.94. The Labute approximate surface area is 149 Å². The highest BCUT2D eigenvalue weighted by Crippen LogP contribution is 2.28. The summed E-state index contributed by atoms with van der Waals surface area (Å²) in [6.07, 6.45) is 14.3. The molecule has 3 atom stereocenters. The minimum Gasteiger partial charge on any atom is -0.0628 e. The maximum atomic E-state index is 2.47. The van der Waals surface area contributed by atoms with E-state index in [9.17, 15) is 0 Å². The summed E-state index contributed by atoms with van der Waals surface area (Å²) in [5.41, 5.74) is 0.497. The van der Waals surface area contributed by atoms with Gasteiger partial charge in [0.2, 0.25) is 0 Å². The average molecular weight is 325 g/mol. The predicted octanol–water partition coefficient (Wildman–Crippen LogP) is 8.50. The molecule has 0 spiro atoms. The minimum absolute atomic E-state index is 0.497.